The molecule has 4 aromatic carbocycles. The average molecular weight is 504 g/mol. The van der Waals surface area contributed by atoms with E-state index in [1.807, 2.05) is 42.5 Å². The van der Waals surface area contributed by atoms with Crippen LogP contribution >= 0.6 is 12.2 Å². The molecule has 0 atom stereocenters. The smallest absolute Gasteiger partial charge is 0.243 e. The topological polar surface area (TPSA) is 61.4 Å². The van der Waals surface area contributed by atoms with Crippen molar-refractivity contribution in [2.24, 2.45) is 5.92 Å². The summed E-state index contributed by atoms with van der Waals surface area (Å²) in [5.74, 6) is 0.381. The summed E-state index contributed by atoms with van der Waals surface area (Å²) in [5, 5.41) is 11.4. The summed E-state index contributed by atoms with van der Waals surface area (Å²) >= 11 is 5.51. The Kier molecular flexibility index (Phi) is 7.00. The van der Waals surface area contributed by atoms with Crippen molar-refractivity contribution in [3.63, 3.8) is 0 Å². The van der Waals surface area contributed by atoms with E-state index >= 15 is 0 Å². The summed E-state index contributed by atoms with van der Waals surface area (Å²) in [6.07, 6.45) is 1.62. The summed E-state index contributed by atoms with van der Waals surface area (Å²) in [7, 11) is -3.53. The monoisotopic (exact) mass is 503 g/mol. The van der Waals surface area contributed by atoms with Crippen molar-refractivity contribution < 1.29 is 8.42 Å². The Balaban J connectivity index is 1.13. The summed E-state index contributed by atoms with van der Waals surface area (Å²) in [6.45, 7) is 2.45. The van der Waals surface area contributed by atoms with E-state index in [0.717, 1.165) is 30.2 Å². The number of benzene rings is 4. The Hall–Kier alpha value is -3.00. The van der Waals surface area contributed by atoms with Gasteiger partial charge in [0.15, 0.2) is 5.11 Å². The van der Waals surface area contributed by atoms with Crippen LogP contribution in [0.1, 0.15) is 18.4 Å². The highest BCUT2D eigenvalue weighted by atomic mass is 32.2. The standard InChI is InChI=1S/C28H29N3O2S2/c32-35(33,27-14-6-10-23-8-2-4-13-26(23)27)31-17-15-21(16-18-31)19-29-28(34)30-20-24-11-5-9-22-7-1-3-12-25(22)24/h1-14,21H,15-20H2,(H2,29,30,34). The molecule has 0 bridgehead atoms. The third-order valence-electron chi connectivity index (χ3n) is 6.81. The fourth-order valence-corrected chi connectivity index (χ4v) is 6.67. The lowest BCUT2D eigenvalue weighted by atomic mass is 9.98. The van der Waals surface area contributed by atoms with Gasteiger partial charge in [-0.15, -0.1) is 0 Å². The van der Waals surface area contributed by atoms with E-state index in [1.165, 1.54) is 16.3 Å². The molecule has 5 nitrogen and oxygen atoms in total. The molecule has 180 valence electrons. The Labute approximate surface area is 212 Å². The summed E-state index contributed by atoms with van der Waals surface area (Å²) in [6, 6.07) is 27.8. The van der Waals surface area contributed by atoms with Gasteiger partial charge in [0.05, 0.1) is 4.90 Å². The molecular weight excluding hydrogens is 474 g/mol. The Morgan fingerprint density at radius 2 is 1.40 bits per heavy atom. The van der Waals surface area contributed by atoms with E-state index in [-0.39, 0.29) is 0 Å². The highest BCUT2D eigenvalue weighted by molar-refractivity contribution is 7.89. The number of hydrogen-bond acceptors (Lipinski definition) is 3. The molecule has 2 N–H and O–H groups in total. The number of hydrogen-bond donors (Lipinski definition) is 2. The molecule has 0 aliphatic carbocycles. The molecule has 0 amide bonds. The number of nitrogens with zero attached hydrogens (tertiary/aromatic N) is 1. The molecule has 0 saturated carbocycles. The van der Waals surface area contributed by atoms with E-state index in [1.54, 1.807) is 10.4 Å². The quantitative estimate of drug-likeness (QED) is 0.360. The third kappa shape index (κ3) is 5.17. The molecule has 0 unspecified atom stereocenters. The molecule has 35 heavy (non-hydrogen) atoms. The number of nitrogens with one attached hydrogen (secondary N) is 2. The zero-order chi connectivity index (χ0) is 24.3. The minimum Gasteiger partial charge on any atom is -0.362 e. The highest BCUT2D eigenvalue weighted by Gasteiger charge is 2.30. The number of piperidine rings is 1. The largest absolute Gasteiger partial charge is 0.362 e. The van der Waals surface area contributed by atoms with Crippen molar-refractivity contribution in [1.29, 1.82) is 0 Å². The van der Waals surface area contributed by atoms with Crippen molar-refractivity contribution in [3.8, 4) is 0 Å². The number of sulfonamides is 1. The van der Waals surface area contributed by atoms with Gasteiger partial charge in [0.1, 0.15) is 0 Å². The Morgan fingerprint density at radius 1 is 0.800 bits per heavy atom. The van der Waals surface area contributed by atoms with Gasteiger partial charge in [-0.3, -0.25) is 0 Å². The second-order valence-electron chi connectivity index (χ2n) is 9.03. The maximum absolute atomic E-state index is 13.4. The summed E-state index contributed by atoms with van der Waals surface area (Å²) in [5.41, 5.74) is 1.21. The van der Waals surface area contributed by atoms with Crippen LogP contribution in [0.5, 0.6) is 0 Å². The van der Waals surface area contributed by atoms with Crippen LogP contribution in [0, 0.1) is 5.92 Å². The fraction of sp³-hybridized carbons (Fsp3) is 0.250. The molecule has 1 fully saturated rings. The maximum Gasteiger partial charge on any atom is 0.243 e. The van der Waals surface area contributed by atoms with Crippen LogP contribution in [0.15, 0.2) is 89.8 Å². The van der Waals surface area contributed by atoms with E-state index in [0.29, 0.717) is 35.6 Å². The molecule has 5 rings (SSSR count). The first kappa shape index (κ1) is 23.7. The summed E-state index contributed by atoms with van der Waals surface area (Å²) < 4.78 is 28.4. The van der Waals surface area contributed by atoms with E-state index < -0.39 is 10.0 Å². The zero-order valence-corrected chi connectivity index (χ0v) is 21.1. The van der Waals surface area contributed by atoms with Gasteiger partial charge in [-0.1, -0.05) is 78.9 Å². The lowest BCUT2D eigenvalue weighted by Gasteiger charge is -2.31. The minimum atomic E-state index is -3.53. The number of thiocarbonyl (C=S) groups is 1. The van der Waals surface area contributed by atoms with Gasteiger partial charge in [-0.05, 0) is 58.8 Å². The Morgan fingerprint density at radius 3 is 2.14 bits per heavy atom. The predicted octanol–water partition coefficient (Wildman–Crippen LogP) is 5.06. The van der Waals surface area contributed by atoms with E-state index in [4.69, 9.17) is 12.2 Å². The van der Waals surface area contributed by atoms with Gasteiger partial charge >= 0.3 is 0 Å². The van der Waals surface area contributed by atoms with Crippen molar-refractivity contribution in [1.82, 2.24) is 14.9 Å². The normalized spacial score (nSPS) is 15.3. The lowest BCUT2D eigenvalue weighted by molar-refractivity contribution is 0.274. The van der Waals surface area contributed by atoms with Crippen molar-refractivity contribution in [2.75, 3.05) is 19.6 Å². The van der Waals surface area contributed by atoms with Gasteiger partial charge in [0.2, 0.25) is 10.0 Å². The molecule has 7 heteroatoms. The first-order valence-corrected chi connectivity index (χ1v) is 13.8. The molecule has 1 heterocycles. The van der Waals surface area contributed by atoms with Crippen LogP contribution in [0.3, 0.4) is 0 Å². The zero-order valence-electron chi connectivity index (χ0n) is 19.5. The van der Waals surface area contributed by atoms with E-state index in [9.17, 15) is 8.42 Å². The minimum absolute atomic E-state index is 0.381. The van der Waals surface area contributed by atoms with Gasteiger partial charge in [0, 0.05) is 31.6 Å². The van der Waals surface area contributed by atoms with Crippen LogP contribution in [0.25, 0.3) is 21.5 Å². The van der Waals surface area contributed by atoms with Crippen LogP contribution in [-0.2, 0) is 16.6 Å². The third-order valence-corrected chi connectivity index (χ3v) is 9.06. The van der Waals surface area contributed by atoms with Crippen LogP contribution in [0.2, 0.25) is 0 Å². The molecule has 0 aromatic heterocycles. The number of rotatable bonds is 6. The molecule has 0 spiro atoms. The maximum atomic E-state index is 13.4. The fourth-order valence-electron chi connectivity index (χ4n) is 4.84. The molecule has 0 radical (unpaired) electrons. The van der Waals surface area contributed by atoms with E-state index in [2.05, 4.69) is 47.0 Å². The molecular formula is C28H29N3O2S2. The first-order valence-electron chi connectivity index (χ1n) is 12.0. The van der Waals surface area contributed by atoms with Gasteiger partial charge in [-0.25, -0.2) is 8.42 Å². The molecule has 1 saturated heterocycles. The van der Waals surface area contributed by atoms with Crippen molar-refractivity contribution in [2.45, 2.75) is 24.3 Å². The molecule has 4 aromatic rings. The summed E-state index contributed by atoms with van der Waals surface area (Å²) in [4.78, 5) is 0.394. The molecule has 1 aliphatic rings. The van der Waals surface area contributed by atoms with Crippen LogP contribution < -0.4 is 10.6 Å². The van der Waals surface area contributed by atoms with Crippen LogP contribution in [-0.4, -0.2) is 37.5 Å². The van der Waals surface area contributed by atoms with Gasteiger partial charge < -0.3 is 10.6 Å². The predicted molar refractivity (Wildman–Crippen MR) is 147 cm³/mol. The number of fused-ring (bicyclic) bond motifs is 2. The van der Waals surface area contributed by atoms with Crippen molar-refractivity contribution >= 4 is 48.9 Å². The first-order chi connectivity index (χ1) is 17.0. The van der Waals surface area contributed by atoms with Gasteiger partial charge in [0.25, 0.3) is 0 Å². The van der Waals surface area contributed by atoms with Gasteiger partial charge in [-0.2, -0.15) is 4.31 Å². The van der Waals surface area contributed by atoms with Crippen LogP contribution in [0.4, 0.5) is 0 Å². The average Bonchev–Trinajstić information content (AvgIpc) is 2.90. The second kappa shape index (κ2) is 10.3. The Bertz CT molecular complexity index is 1450. The molecule has 1 aliphatic heterocycles. The second-order valence-corrected chi connectivity index (χ2v) is 11.3. The van der Waals surface area contributed by atoms with Crippen molar-refractivity contribution in [3.05, 3.63) is 90.5 Å². The lowest BCUT2D eigenvalue weighted by Crippen LogP contribution is -2.43. The highest BCUT2D eigenvalue weighted by Crippen LogP contribution is 2.28. The SMILES string of the molecule is O=S(=O)(c1cccc2ccccc12)N1CCC(CNC(=S)NCc2cccc3ccccc23)CC1.